The second-order valence-corrected chi connectivity index (χ2v) is 9.01. The normalized spacial score (nSPS) is 26.7. The number of likely N-dealkylation sites (tertiary alicyclic amines) is 1. The van der Waals surface area contributed by atoms with Crippen LogP contribution in [0.15, 0.2) is 12.7 Å². The van der Waals surface area contributed by atoms with Crippen molar-refractivity contribution >= 4 is 16.1 Å². The number of carbonyl (C=O) groups is 1. The number of hydrogen-bond acceptors (Lipinski definition) is 5. The van der Waals surface area contributed by atoms with Gasteiger partial charge in [0.05, 0.1) is 12.0 Å². The van der Waals surface area contributed by atoms with Gasteiger partial charge in [0.25, 0.3) is 10.2 Å². The molecule has 0 aliphatic carbocycles. The maximum Gasteiger partial charge on any atom is 0.282 e. The van der Waals surface area contributed by atoms with Crippen LogP contribution in [0.1, 0.15) is 31.7 Å². The monoisotopic (exact) mass is 368 g/mol. The van der Waals surface area contributed by atoms with Crippen LogP contribution < -0.4 is 0 Å². The molecule has 1 aromatic heterocycles. The van der Waals surface area contributed by atoms with E-state index in [1.807, 2.05) is 4.90 Å². The van der Waals surface area contributed by atoms with E-state index in [0.29, 0.717) is 26.2 Å². The molecule has 4 heterocycles. The van der Waals surface area contributed by atoms with Crippen LogP contribution in [-0.2, 0) is 15.0 Å². The van der Waals surface area contributed by atoms with Crippen molar-refractivity contribution in [2.45, 2.75) is 31.7 Å². The van der Waals surface area contributed by atoms with E-state index >= 15 is 0 Å². The number of piperidine rings is 1. The van der Waals surface area contributed by atoms with Crippen molar-refractivity contribution in [2.24, 2.45) is 5.92 Å². The second-order valence-electron chi connectivity index (χ2n) is 7.08. The third-order valence-corrected chi connectivity index (χ3v) is 7.38. The Labute approximate surface area is 147 Å². The van der Waals surface area contributed by atoms with Gasteiger partial charge in [-0.25, -0.2) is 9.67 Å². The van der Waals surface area contributed by atoms with Crippen LogP contribution >= 0.6 is 0 Å². The van der Waals surface area contributed by atoms with Crippen molar-refractivity contribution in [3.63, 3.8) is 0 Å². The average molecular weight is 368 g/mol. The summed E-state index contributed by atoms with van der Waals surface area (Å²) in [5, 5.41) is 4.07. The van der Waals surface area contributed by atoms with Crippen molar-refractivity contribution in [3.05, 3.63) is 12.7 Å². The van der Waals surface area contributed by atoms with Gasteiger partial charge in [0.2, 0.25) is 5.91 Å². The highest BCUT2D eigenvalue weighted by Crippen LogP contribution is 2.29. The van der Waals surface area contributed by atoms with Gasteiger partial charge in [-0.15, -0.1) is 0 Å². The van der Waals surface area contributed by atoms with Crippen LogP contribution in [0.2, 0.25) is 0 Å². The van der Waals surface area contributed by atoms with Crippen LogP contribution in [0.5, 0.6) is 0 Å². The van der Waals surface area contributed by atoms with Crippen molar-refractivity contribution in [3.8, 4) is 0 Å². The van der Waals surface area contributed by atoms with Crippen LogP contribution in [0, 0.1) is 5.92 Å². The van der Waals surface area contributed by atoms with Gasteiger partial charge in [-0.1, -0.05) is 0 Å². The number of hydrogen-bond donors (Lipinski definition) is 0. The molecule has 0 radical (unpaired) electrons. The number of aromatic nitrogens is 3. The molecule has 1 atom stereocenters. The molecular formula is C15H24N6O3S. The molecule has 3 fully saturated rings. The summed E-state index contributed by atoms with van der Waals surface area (Å²) in [5.74, 6) is -0.0736. The molecule has 9 nitrogen and oxygen atoms in total. The SMILES string of the molecule is O=C([C@H]1CCCN(S(=O)(=O)N2CC(n3cncn3)C2)C1)N1CCCC1. The van der Waals surface area contributed by atoms with Crippen LogP contribution in [0.3, 0.4) is 0 Å². The van der Waals surface area contributed by atoms with Crippen molar-refractivity contribution in [1.29, 1.82) is 0 Å². The zero-order chi connectivity index (χ0) is 17.4. The maximum atomic E-state index is 12.9. The quantitative estimate of drug-likeness (QED) is 0.729. The Hall–Kier alpha value is -1.52. The first-order valence-corrected chi connectivity index (χ1v) is 10.3. The minimum Gasteiger partial charge on any atom is -0.342 e. The van der Waals surface area contributed by atoms with Crippen molar-refractivity contribution in [1.82, 2.24) is 28.3 Å². The molecule has 10 heteroatoms. The van der Waals surface area contributed by atoms with Gasteiger partial charge >= 0.3 is 0 Å². The first-order valence-electron chi connectivity index (χ1n) is 8.94. The lowest BCUT2D eigenvalue weighted by molar-refractivity contribution is -0.135. The molecular weight excluding hydrogens is 344 g/mol. The molecule has 3 aliphatic heterocycles. The summed E-state index contributed by atoms with van der Waals surface area (Å²) in [4.78, 5) is 18.4. The Morgan fingerprint density at radius 3 is 2.44 bits per heavy atom. The average Bonchev–Trinajstić information content (AvgIpc) is 3.26. The Morgan fingerprint density at radius 1 is 1.00 bits per heavy atom. The lowest BCUT2D eigenvalue weighted by Crippen LogP contribution is -2.57. The third kappa shape index (κ3) is 3.18. The molecule has 1 amide bonds. The van der Waals surface area contributed by atoms with Crippen LogP contribution in [0.25, 0.3) is 0 Å². The Morgan fingerprint density at radius 2 is 1.76 bits per heavy atom. The number of rotatable bonds is 4. The van der Waals surface area contributed by atoms with Crippen molar-refractivity contribution in [2.75, 3.05) is 39.3 Å². The van der Waals surface area contributed by atoms with E-state index in [-0.39, 0.29) is 17.9 Å². The Balaban J connectivity index is 1.38. The fourth-order valence-electron chi connectivity index (χ4n) is 3.89. The number of carbonyl (C=O) groups excluding carboxylic acids is 1. The van der Waals surface area contributed by atoms with Gasteiger partial charge in [-0.2, -0.15) is 22.1 Å². The van der Waals surface area contributed by atoms with Gasteiger partial charge in [-0.3, -0.25) is 4.79 Å². The summed E-state index contributed by atoms with van der Waals surface area (Å²) in [6.45, 7) is 3.25. The minimum absolute atomic E-state index is 0.0455. The highest BCUT2D eigenvalue weighted by atomic mass is 32.2. The van der Waals surface area contributed by atoms with Crippen molar-refractivity contribution < 1.29 is 13.2 Å². The zero-order valence-electron chi connectivity index (χ0n) is 14.2. The molecule has 0 N–H and O–H groups in total. The summed E-state index contributed by atoms with van der Waals surface area (Å²) in [5.41, 5.74) is 0. The molecule has 0 bridgehead atoms. The van der Waals surface area contributed by atoms with E-state index in [1.165, 1.54) is 14.9 Å². The molecule has 0 aromatic carbocycles. The van der Waals surface area contributed by atoms with Gasteiger partial charge in [0.15, 0.2) is 0 Å². The fraction of sp³-hybridized carbons (Fsp3) is 0.800. The van der Waals surface area contributed by atoms with E-state index in [1.54, 1.807) is 11.0 Å². The molecule has 0 saturated carbocycles. The fourth-order valence-corrected chi connectivity index (χ4v) is 5.67. The number of amides is 1. The molecule has 3 saturated heterocycles. The zero-order valence-corrected chi connectivity index (χ0v) is 15.0. The molecule has 138 valence electrons. The smallest absolute Gasteiger partial charge is 0.282 e. The molecule has 1 aromatic rings. The lowest BCUT2D eigenvalue weighted by Gasteiger charge is -2.42. The van der Waals surface area contributed by atoms with E-state index in [9.17, 15) is 13.2 Å². The molecule has 3 aliphatic rings. The van der Waals surface area contributed by atoms with Crippen LogP contribution in [-0.4, -0.2) is 81.9 Å². The van der Waals surface area contributed by atoms with Gasteiger partial charge in [0, 0.05) is 39.3 Å². The van der Waals surface area contributed by atoms with Gasteiger partial charge in [-0.05, 0) is 25.7 Å². The highest BCUT2D eigenvalue weighted by molar-refractivity contribution is 7.86. The minimum atomic E-state index is -3.50. The molecule has 25 heavy (non-hydrogen) atoms. The first kappa shape index (κ1) is 16.9. The summed E-state index contributed by atoms with van der Waals surface area (Å²) in [6.07, 6.45) is 6.69. The van der Waals surface area contributed by atoms with Gasteiger partial charge in [0.1, 0.15) is 12.7 Å². The summed E-state index contributed by atoms with van der Waals surface area (Å²) in [7, 11) is -3.50. The maximum absolute atomic E-state index is 12.9. The van der Waals surface area contributed by atoms with Gasteiger partial charge < -0.3 is 4.90 Å². The van der Waals surface area contributed by atoms with Crippen LogP contribution in [0.4, 0.5) is 0 Å². The molecule has 0 spiro atoms. The summed E-state index contributed by atoms with van der Waals surface area (Å²) < 4.78 is 30.4. The van der Waals surface area contributed by atoms with E-state index in [0.717, 1.165) is 38.8 Å². The summed E-state index contributed by atoms with van der Waals surface area (Å²) >= 11 is 0. The molecule has 4 rings (SSSR count). The predicted octanol–water partition coefficient (Wildman–Crippen LogP) is -0.286. The Bertz CT molecular complexity index is 710. The number of nitrogens with zero attached hydrogens (tertiary/aromatic N) is 6. The van der Waals surface area contributed by atoms with E-state index < -0.39 is 10.2 Å². The Kier molecular flexibility index (Phi) is 4.50. The lowest BCUT2D eigenvalue weighted by atomic mass is 9.98. The predicted molar refractivity (Wildman–Crippen MR) is 89.7 cm³/mol. The topological polar surface area (TPSA) is 91.6 Å². The third-order valence-electron chi connectivity index (χ3n) is 5.44. The second kappa shape index (κ2) is 6.65. The van der Waals surface area contributed by atoms with E-state index in [4.69, 9.17) is 0 Å². The first-order chi connectivity index (χ1) is 12.1. The standard InChI is InChI=1S/C15H24N6O3S/c22-15(18-5-1-2-6-18)13-4-3-7-19(8-13)25(23,24)20-9-14(10-20)21-12-16-11-17-21/h11-14H,1-10H2/t13-/m0/s1. The highest BCUT2D eigenvalue weighted by Gasteiger charge is 2.43. The largest absolute Gasteiger partial charge is 0.342 e. The summed E-state index contributed by atoms with van der Waals surface area (Å²) in [6, 6.07) is 0.0455. The molecule has 0 unspecified atom stereocenters. The van der Waals surface area contributed by atoms with E-state index in [2.05, 4.69) is 10.1 Å².